The first-order valence-corrected chi connectivity index (χ1v) is 4.99. The monoisotopic (exact) mass is 206 g/mol. The zero-order chi connectivity index (χ0) is 10.5. The molecule has 0 aromatic heterocycles. The summed E-state index contributed by atoms with van der Waals surface area (Å²) in [6, 6.07) is 17.2. The van der Waals surface area contributed by atoms with Gasteiger partial charge in [-0.1, -0.05) is 42.5 Å². The fraction of sp³-hybridized carbons (Fsp3) is 0.0769. The second kappa shape index (κ2) is 6.40. The van der Waals surface area contributed by atoms with Gasteiger partial charge >= 0.3 is 18.9 Å². The smallest absolute Gasteiger partial charge is 0.872 e. The van der Waals surface area contributed by atoms with E-state index in [1.54, 1.807) is 12.1 Å². The van der Waals surface area contributed by atoms with Crippen LogP contribution in [0.2, 0.25) is 0 Å². The minimum Gasteiger partial charge on any atom is -0.872 e. The fourth-order valence-electron chi connectivity index (χ4n) is 1.49. The van der Waals surface area contributed by atoms with E-state index >= 15 is 0 Å². The topological polar surface area (TPSA) is 39.7 Å². The van der Waals surface area contributed by atoms with Crippen LogP contribution in [0.3, 0.4) is 0 Å². The molecule has 0 bridgehead atoms. The molecule has 0 saturated heterocycles. The fourth-order valence-corrected chi connectivity index (χ4v) is 1.49. The number of benzene rings is 2. The maximum absolute atomic E-state index is 11.4. The molecule has 0 amide bonds. The first kappa shape index (κ1) is 12.9. The van der Waals surface area contributed by atoms with Crippen LogP contribution >= 0.6 is 0 Å². The van der Waals surface area contributed by atoms with Crippen molar-refractivity contribution in [2.75, 3.05) is 0 Å². The Balaban J connectivity index is 0.00000128. The SMILES string of the molecule is [Li+].[O-]c1ccccc1C[NH2+]c1ccccc1. The van der Waals surface area contributed by atoms with Crippen LogP contribution in [0.1, 0.15) is 5.56 Å². The van der Waals surface area contributed by atoms with E-state index in [1.807, 2.05) is 42.5 Å². The molecule has 2 aromatic carbocycles. The quantitative estimate of drug-likeness (QED) is 0.465. The van der Waals surface area contributed by atoms with Crippen LogP contribution < -0.4 is 29.3 Å². The predicted molar refractivity (Wildman–Crippen MR) is 57.6 cm³/mol. The van der Waals surface area contributed by atoms with Crippen molar-refractivity contribution in [3.63, 3.8) is 0 Å². The van der Waals surface area contributed by atoms with Crippen molar-refractivity contribution < 1.29 is 29.3 Å². The van der Waals surface area contributed by atoms with Gasteiger partial charge in [0.05, 0.1) is 0 Å². The molecule has 2 rings (SSSR count). The van der Waals surface area contributed by atoms with E-state index in [1.165, 1.54) is 0 Å². The zero-order valence-electron chi connectivity index (χ0n) is 9.39. The first-order valence-electron chi connectivity index (χ1n) is 4.99. The minimum atomic E-state index is 0. The second-order valence-corrected chi connectivity index (χ2v) is 3.43. The standard InChI is InChI=1S/C13H13NO.Li/c15-13-9-5-4-6-11(13)10-14-12-7-2-1-3-8-12;/h1-9,14-15H,10H2;/q;+1. The average molecular weight is 206 g/mol. The van der Waals surface area contributed by atoms with Gasteiger partial charge in [-0.15, -0.1) is 5.75 Å². The molecule has 0 aliphatic heterocycles. The number of hydrogen-bond donors (Lipinski definition) is 1. The number of hydrogen-bond acceptors (Lipinski definition) is 1. The van der Waals surface area contributed by atoms with E-state index in [-0.39, 0.29) is 24.6 Å². The zero-order valence-corrected chi connectivity index (χ0v) is 9.39. The van der Waals surface area contributed by atoms with Gasteiger partial charge in [-0.3, -0.25) is 0 Å². The molecule has 0 radical (unpaired) electrons. The Morgan fingerprint density at radius 3 is 2.19 bits per heavy atom. The molecule has 16 heavy (non-hydrogen) atoms. The summed E-state index contributed by atoms with van der Waals surface area (Å²) in [6.45, 7) is 0.698. The molecule has 76 valence electrons. The third-order valence-electron chi connectivity index (χ3n) is 2.33. The molecule has 3 heteroatoms. The van der Waals surface area contributed by atoms with Crippen molar-refractivity contribution in [1.29, 1.82) is 0 Å². The van der Waals surface area contributed by atoms with E-state index in [4.69, 9.17) is 0 Å². The Morgan fingerprint density at radius 1 is 0.875 bits per heavy atom. The molecule has 2 N–H and O–H groups in total. The minimum absolute atomic E-state index is 0. The van der Waals surface area contributed by atoms with Crippen LogP contribution in [0.25, 0.3) is 0 Å². The van der Waals surface area contributed by atoms with E-state index in [0.29, 0.717) is 6.54 Å². The maximum atomic E-state index is 11.4. The normalized spacial score (nSPS) is 9.50. The van der Waals surface area contributed by atoms with Crippen molar-refractivity contribution in [1.82, 2.24) is 0 Å². The van der Waals surface area contributed by atoms with Gasteiger partial charge < -0.3 is 10.4 Å². The summed E-state index contributed by atoms with van der Waals surface area (Å²) in [5.74, 6) is 0.115. The Kier molecular flexibility index (Phi) is 5.14. The van der Waals surface area contributed by atoms with E-state index in [0.717, 1.165) is 11.3 Å². The van der Waals surface area contributed by atoms with Crippen LogP contribution in [-0.2, 0) is 6.54 Å². The molecule has 0 fully saturated rings. The first-order chi connectivity index (χ1) is 7.36. The summed E-state index contributed by atoms with van der Waals surface area (Å²) in [5.41, 5.74) is 2.00. The number of quaternary nitrogens is 1. The molecule has 2 aromatic rings. The van der Waals surface area contributed by atoms with Gasteiger partial charge in [0.15, 0.2) is 0 Å². The molecule has 0 aliphatic rings. The van der Waals surface area contributed by atoms with Gasteiger partial charge in [0, 0.05) is 0 Å². The number of nitrogens with two attached hydrogens (primary N) is 1. The largest absolute Gasteiger partial charge is 1.00 e. The van der Waals surface area contributed by atoms with Crippen LogP contribution in [0.4, 0.5) is 5.69 Å². The number of para-hydroxylation sites is 2. The second-order valence-electron chi connectivity index (χ2n) is 3.43. The summed E-state index contributed by atoms with van der Waals surface area (Å²) in [5, 5.41) is 13.5. The average Bonchev–Trinajstić information content (AvgIpc) is 2.29. The van der Waals surface area contributed by atoms with Crippen LogP contribution in [0.5, 0.6) is 5.75 Å². The Labute approximate surface area is 107 Å². The van der Waals surface area contributed by atoms with Crippen molar-refractivity contribution in [2.45, 2.75) is 6.54 Å². The molecule has 2 nitrogen and oxygen atoms in total. The summed E-state index contributed by atoms with van der Waals surface area (Å²) in [6.07, 6.45) is 0. The van der Waals surface area contributed by atoms with Gasteiger partial charge in [-0.2, -0.15) is 0 Å². The molecule has 0 atom stereocenters. The van der Waals surface area contributed by atoms with Gasteiger partial charge in [-0.25, -0.2) is 0 Å². The van der Waals surface area contributed by atoms with Crippen LogP contribution in [0.15, 0.2) is 54.6 Å². The number of rotatable bonds is 3. The van der Waals surface area contributed by atoms with E-state index in [9.17, 15) is 5.11 Å². The Hall–Kier alpha value is -1.20. The molecular weight excluding hydrogens is 193 g/mol. The molecule has 0 saturated carbocycles. The molecule has 0 spiro atoms. The van der Waals surface area contributed by atoms with Gasteiger partial charge in [0.25, 0.3) is 0 Å². The molecule has 0 heterocycles. The molecule has 0 aliphatic carbocycles. The van der Waals surface area contributed by atoms with Gasteiger partial charge in [-0.05, 0) is 17.7 Å². The van der Waals surface area contributed by atoms with Crippen molar-refractivity contribution >= 4 is 5.69 Å². The van der Waals surface area contributed by atoms with Crippen molar-refractivity contribution in [3.05, 3.63) is 60.2 Å². The Morgan fingerprint density at radius 2 is 1.50 bits per heavy atom. The molecule has 0 unspecified atom stereocenters. The molecular formula is C13H13LiNO+. The van der Waals surface area contributed by atoms with Gasteiger partial charge in [0.2, 0.25) is 0 Å². The third kappa shape index (κ3) is 3.43. The van der Waals surface area contributed by atoms with E-state index < -0.39 is 0 Å². The summed E-state index contributed by atoms with van der Waals surface area (Å²) in [7, 11) is 0. The van der Waals surface area contributed by atoms with Crippen LogP contribution in [-0.4, -0.2) is 0 Å². The predicted octanol–water partition coefficient (Wildman–Crippen LogP) is -1.84. The summed E-state index contributed by atoms with van der Waals surface area (Å²) in [4.78, 5) is 0. The summed E-state index contributed by atoms with van der Waals surface area (Å²) >= 11 is 0. The summed E-state index contributed by atoms with van der Waals surface area (Å²) < 4.78 is 0. The van der Waals surface area contributed by atoms with Gasteiger partial charge in [0.1, 0.15) is 12.2 Å². The maximum Gasteiger partial charge on any atom is 1.00 e. The van der Waals surface area contributed by atoms with E-state index in [2.05, 4.69) is 5.32 Å². The van der Waals surface area contributed by atoms with Crippen molar-refractivity contribution in [2.24, 2.45) is 0 Å². The Bertz CT molecular complexity index is 431. The third-order valence-corrected chi connectivity index (χ3v) is 2.33. The van der Waals surface area contributed by atoms with Crippen LogP contribution in [0, 0.1) is 0 Å². The van der Waals surface area contributed by atoms with Crippen molar-refractivity contribution in [3.8, 4) is 5.75 Å².